The van der Waals surface area contributed by atoms with Crippen LogP contribution in [-0.4, -0.2) is 9.78 Å². The first kappa shape index (κ1) is 14.2. The minimum Gasteiger partial charge on any atom is -0.271 e. The molecule has 0 radical (unpaired) electrons. The summed E-state index contributed by atoms with van der Waals surface area (Å²) in [5.41, 5.74) is 5.06. The first-order valence-electron chi connectivity index (χ1n) is 6.35. The van der Waals surface area contributed by atoms with E-state index >= 15 is 0 Å². The van der Waals surface area contributed by atoms with E-state index in [1.54, 1.807) is 0 Å². The molecule has 0 aliphatic rings. The van der Waals surface area contributed by atoms with E-state index in [0.29, 0.717) is 6.04 Å². The van der Waals surface area contributed by atoms with Gasteiger partial charge in [0.15, 0.2) is 0 Å². The van der Waals surface area contributed by atoms with E-state index in [4.69, 9.17) is 5.84 Å². The molecule has 0 saturated carbocycles. The first-order chi connectivity index (χ1) is 9.10. The molecule has 0 fully saturated rings. The van der Waals surface area contributed by atoms with Crippen molar-refractivity contribution in [3.8, 4) is 0 Å². The van der Waals surface area contributed by atoms with Crippen molar-refractivity contribution in [1.29, 1.82) is 0 Å². The number of nitrogens with zero attached hydrogens (tertiary/aromatic N) is 2. The van der Waals surface area contributed by atoms with Gasteiger partial charge in [0.25, 0.3) is 0 Å². The molecule has 0 amide bonds. The maximum Gasteiger partial charge on any atom is 0.0644 e. The number of hydrogen-bond acceptors (Lipinski definition) is 3. The van der Waals surface area contributed by atoms with Gasteiger partial charge in [-0.3, -0.25) is 16.0 Å². The lowest BCUT2D eigenvalue weighted by Gasteiger charge is -2.15. The molecule has 102 valence electrons. The molecule has 1 unspecified atom stereocenters. The first-order valence-corrected chi connectivity index (χ1v) is 7.15. The summed E-state index contributed by atoms with van der Waals surface area (Å²) in [4.78, 5) is 0. The molecule has 2 aromatic rings. The molecule has 4 nitrogen and oxygen atoms in total. The van der Waals surface area contributed by atoms with Crippen molar-refractivity contribution in [3.63, 3.8) is 0 Å². The smallest absolute Gasteiger partial charge is 0.0644 e. The maximum absolute atomic E-state index is 5.66. The number of nitrogens with one attached hydrogen (secondary N) is 1. The van der Waals surface area contributed by atoms with Gasteiger partial charge in [0, 0.05) is 23.1 Å². The van der Waals surface area contributed by atoms with Gasteiger partial charge in [-0.15, -0.1) is 0 Å². The van der Waals surface area contributed by atoms with Crippen molar-refractivity contribution in [2.75, 3.05) is 0 Å². The Hall–Kier alpha value is -1.17. The van der Waals surface area contributed by atoms with E-state index in [1.807, 2.05) is 29.1 Å². The highest BCUT2D eigenvalue weighted by Crippen LogP contribution is 2.20. The van der Waals surface area contributed by atoms with Crippen molar-refractivity contribution in [2.45, 2.75) is 32.4 Å². The van der Waals surface area contributed by atoms with E-state index in [-0.39, 0.29) is 6.04 Å². The van der Waals surface area contributed by atoms with Crippen LogP contribution in [0.25, 0.3) is 0 Å². The molecule has 1 heterocycles. The number of hydrazine groups is 1. The Labute approximate surface area is 122 Å². The van der Waals surface area contributed by atoms with Gasteiger partial charge in [0.05, 0.1) is 11.7 Å². The summed E-state index contributed by atoms with van der Waals surface area (Å²) < 4.78 is 3.03. The Balaban J connectivity index is 2.12. The monoisotopic (exact) mass is 322 g/mol. The van der Waals surface area contributed by atoms with Crippen LogP contribution in [0.2, 0.25) is 0 Å². The van der Waals surface area contributed by atoms with Gasteiger partial charge < -0.3 is 0 Å². The minimum absolute atomic E-state index is 0.0728. The van der Waals surface area contributed by atoms with E-state index in [2.05, 4.69) is 52.4 Å². The quantitative estimate of drug-likeness (QED) is 0.657. The van der Waals surface area contributed by atoms with Crippen LogP contribution in [0.3, 0.4) is 0 Å². The number of rotatable bonds is 5. The van der Waals surface area contributed by atoms with Crippen molar-refractivity contribution >= 4 is 15.9 Å². The van der Waals surface area contributed by atoms with Crippen LogP contribution in [0.5, 0.6) is 0 Å². The highest BCUT2D eigenvalue weighted by molar-refractivity contribution is 9.10. The van der Waals surface area contributed by atoms with Crippen LogP contribution in [-0.2, 0) is 6.42 Å². The van der Waals surface area contributed by atoms with Gasteiger partial charge in [0.2, 0.25) is 0 Å². The van der Waals surface area contributed by atoms with Gasteiger partial charge in [-0.2, -0.15) is 5.10 Å². The third kappa shape index (κ3) is 3.65. The standard InChI is InChI=1S/C14H19BrN4/c1-10(2)19-8-7-13(18-19)9-14(17-16)11-3-5-12(15)6-4-11/h3-8,10,14,17H,9,16H2,1-2H3. The summed E-state index contributed by atoms with van der Waals surface area (Å²) in [6.07, 6.45) is 2.78. The molecule has 1 atom stereocenters. The molecular formula is C14H19BrN4. The topological polar surface area (TPSA) is 55.9 Å². The summed E-state index contributed by atoms with van der Waals surface area (Å²) in [5.74, 6) is 5.66. The average Bonchev–Trinajstić information content (AvgIpc) is 2.86. The molecule has 19 heavy (non-hydrogen) atoms. The van der Waals surface area contributed by atoms with Crippen LogP contribution < -0.4 is 11.3 Å². The van der Waals surface area contributed by atoms with Gasteiger partial charge in [-0.25, -0.2) is 0 Å². The molecule has 3 N–H and O–H groups in total. The number of halogens is 1. The van der Waals surface area contributed by atoms with Crippen LogP contribution in [0.4, 0.5) is 0 Å². The molecule has 1 aromatic carbocycles. The van der Waals surface area contributed by atoms with E-state index < -0.39 is 0 Å². The lowest BCUT2D eigenvalue weighted by molar-refractivity contribution is 0.507. The Morgan fingerprint density at radius 3 is 2.47 bits per heavy atom. The number of benzene rings is 1. The van der Waals surface area contributed by atoms with Gasteiger partial charge in [0.1, 0.15) is 0 Å². The van der Waals surface area contributed by atoms with Crippen LogP contribution in [0.15, 0.2) is 41.0 Å². The zero-order valence-electron chi connectivity index (χ0n) is 11.2. The van der Waals surface area contributed by atoms with Crippen molar-refractivity contribution in [3.05, 3.63) is 52.3 Å². The SMILES string of the molecule is CC(C)n1ccc(CC(NN)c2ccc(Br)cc2)n1. The minimum atomic E-state index is 0.0728. The van der Waals surface area contributed by atoms with Crippen molar-refractivity contribution in [1.82, 2.24) is 15.2 Å². The molecule has 5 heteroatoms. The number of hydrogen-bond donors (Lipinski definition) is 2. The van der Waals surface area contributed by atoms with Crippen molar-refractivity contribution < 1.29 is 0 Å². The Kier molecular flexibility index (Phi) is 4.74. The second-order valence-corrected chi connectivity index (χ2v) is 5.77. The average molecular weight is 323 g/mol. The number of nitrogens with two attached hydrogens (primary N) is 1. The molecule has 0 bridgehead atoms. The second-order valence-electron chi connectivity index (χ2n) is 4.86. The van der Waals surface area contributed by atoms with Gasteiger partial charge >= 0.3 is 0 Å². The van der Waals surface area contributed by atoms with Gasteiger partial charge in [-0.05, 0) is 37.6 Å². The lowest BCUT2D eigenvalue weighted by Crippen LogP contribution is -2.29. The summed E-state index contributed by atoms with van der Waals surface area (Å²) >= 11 is 3.44. The molecular weight excluding hydrogens is 304 g/mol. The predicted molar refractivity (Wildman–Crippen MR) is 80.5 cm³/mol. The fourth-order valence-corrected chi connectivity index (χ4v) is 2.22. The zero-order chi connectivity index (χ0) is 13.8. The molecule has 0 saturated heterocycles. The summed E-state index contributed by atoms with van der Waals surface area (Å²) in [6, 6.07) is 10.7. The summed E-state index contributed by atoms with van der Waals surface area (Å²) in [5, 5.41) is 4.55. The Bertz CT molecular complexity index is 518. The molecule has 0 aliphatic heterocycles. The predicted octanol–water partition coefficient (Wildman–Crippen LogP) is 2.97. The third-order valence-electron chi connectivity index (χ3n) is 3.08. The van der Waals surface area contributed by atoms with Crippen LogP contribution in [0.1, 0.15) is 37.2 Å². The van der Waals surface area contributed by atoms with Crippen LogP contribution >= 0.6 is 15.9 Å². The largest absolute Gasteiger partial charge is 0.271 e. The zero-order valence-corrected chi connectivity index (χ0v) is 12.8. The van der Waals surface area contributed by atoms with E-state index in [0.717, 1.165) is 22.2 Å². The molecule has 2 rings (SSSR count). The molecule has 0 aliphatic carbocycles. The Morgan fingerprint density at radius 1 is 1.26 bits per heavy atom. The highest BCUT2D eigenvalue weighted by atomic mass is 79.9. The summed E-state index contributed by atoms with van der Waals surface area (Å²) in [6.45, 7) is 4.23. The fraction of sp³-hybridized carbons (Fsp3) is 0.357. The number of aromatic nitrogens is 2. The van der Waals surface area contributed by atoms with E-state index in [1.165, 1.54) is 0 Å². The summed E-state index contributed by atoms with van der Waals surface area (Å²) in [7, 11) is 0. The second kappa shape index (κ2) is 6.32. The fourth-order valence-electron chi connectivity index (χ4n) is 1.95. The van der Waals surface area contributed by atoms with E-state index in [9.17, 15) is 0 Å². The maximum atomic E-state index is 5.66. The Morgan fingerprint density at radius 2 is 1.95 bits per heavy atom. The highest BCUT2D eigenvalue weighted by Gasteiger charge is 2.12. The normalized spacial score (nSPS) is 12.9. The van der Waals surface area contributed by atoms with Gasteiger partial charge in [-0.1, -0.05) is 28.1 Å². The molecule has 1 aromatic heterocycles. The van der Waals surface area contributed by atoms with Crippen LogP contribution in [0, 0.1) is 0 Å². The van der Waals surface area contributed by atoms with Crippen molar-refractivity contribution in [2.24, 2.45) is 5.84 Å². The third-order valence-corrected chi connectivity index (χ3v) is 3.61. The lowest BCUT2D eigenvalue weighted by atomic mass is 10.0. The molecule has 0 spiro atoms.